The highest BCUT2D eigenvalue weighted by atomic mass is 35.5. The number of hydrogen-bond donors (Lipinski definition) is 1. The van der Waals surface area contributed by atoms with Crippen molar-refractivity contribution in [2.45, 2.75) is 26.2 Å². The number of likely N-dealkylation sites (tertiary alicyclic amines) is 1. The normalized spacial score (nSPS) is 13.2. The first-order valence-corrected chi connectivity index (χ1v) is 10.4. The third-order valence-electron chi connectivity index (χ3n) is 4.92. The summed E-state index contributed by atoms with van der Waals surface area (Å²) in [5.74, 6) is -0.422. The number of rotatable bonds is 3. The average molecular weight is 462 g/mol. The molecule has 1 aliphatic rings. The first-order chi connectivity index (χ1) is 15.4. The van der Waals surface area contributed by atoms with Crippen molar-refractivity contribution in [3.63, 3.8) is 0 Å². The number of carbonyl (C=O) groups is 1. The van der Waals surface area contributed by atoms with Crippen LogP contribution in [0.5, 0.6) is 0 Å². The van der Waals surface area contributed by atoms with E-state index in [4.69, 9.17) is 11.6 Å². The van der Waals surface area contributed by atoms with Gasteiger partial charge in [-0.3, -0.25) is 14.2 Å². The molecule has 4 rings (SSSR count). The van der Waals surface area contributed by atoms with Crippen molar-refractivity contribution < 1.29 is 13.7 Å². The van der Waals surface area contributed by atoms with Crippen LogP contribution in [0.2, 0.25) is 5.02 Å². The molecule has 1 aliphatic heterocycles. The number of pyridine rings is 1. The van der Waals surface area contributed by atoms with Crippen molar-refractivity contribution in [2.24, 2.45) is 0 Å². The molecule has 0 unspecified atom stereocenters. The van der Waals surface area contributed by atoms with E-state index in [-0.39, 0.29) is 28.1 Å². The molecule has 10 heteroatoms. The van der Waals surface area contributed by atoms with Crippen LogP contribution in [0.25, 0.3) is 16.9 Å². The van der Waals surface area contributed by atoms with Gasteiger partial charge in [0.05, 0.1) is 16.9 Å². The standard InChI is InChI=1S/C15H9ClF2N4O.C7H13NO/c16-12-7-19-15(21-18)20-14(12)9-1-6-13(23)22(8-9)11-4-2-10(17)3-5-11;1-7(9)8-5-3-2-4-6-8/h1-8H,(H,19,20,21);2-6H2,1H3. The van der Waals surface area contributed by atoms with Crippen molar-refractivity contribution in [3.8, 4) is 16.9 Å². The number of hydrogen-bond acceptors (Lipinski definition) is 5. The zero-order chi connectivity index (χ0) is 23.1. The molecule has 168 valence electrons. The van der Waals surface area contributed by atoms with Crippen molar-refractivity contribution in [2.75, 3.05) is 18.6 Å². The highest BCUT2D eigenvalue weighted by Crippen LogP contribution is 2.26. The number of benzene rings is 1. The van der Waals surface area contributed by atoms with Crippen molar-refractivity contribution >= 4 is 23.5 Å². The van der Waals surface area contributed by atoms with Gasteiger partial charge in [-0.2, -0.15) is 5.54 Å². The van der Waals surface area contributed by atoms with E-state index in [0.717, 1.165) is 13.1 Å². The van der Waals surface area contributed by atoms with Crippen LogP contribution in [-0.4, -0.2) is 38.4 Å². The summed E-state index contributed by atoms with van der Waals surface area (Å²) in [5, 5.41) is 0.202. The molecule has 0 aliphatic carbocycles. The zero-order valence-corrected chi connectivity index (χ0v) is 18.1. The summed E-state index contributed by atoms with van der Waals surface area (Å²) in [6, 6.07) is 8.26. The Morgan fingerprint density at radius 1 is 1.09 bits per heavy atom. The van der Waals surface area contributed by atoms with Crippen LogP contribution in [0.4, 0.5) is 14.8 Å². The maximum absolute atomic E-state index is 13.0. The Morgan fingerprint density at radius 2 is 1.78 bits per heavy atom. The van der Waals surface area contributed by atoms with E-state index in [2.05, 4.69) is 9.97 Å². The second kappa shape index (κ2) is 10.8. The molecule has 2 aromatic heterocycles. The van der Waals surface area contributed by atoms with Gasteiger partial charge in [0.25, 0.3) is 11.5 Å². The molecular weight excluding hydrogens is 440 g/mol. The van der Waals surface area contributed by atoms with E-state index >= 15 is 0 Å². The molecule has 1 aromatic carbocycles. The average Bonchev–Trinajstić information content (AvgIpc) is 2.81. The smallest absolute Gasteiger partial charge is 0.255 e. The number of aromatic nitrogens is 3. The quantitative estimate of drug-likeness (QED) is 0.585. The molecule has 3 heterocycles. The Balaban J connectivity index is 0.000000269. The van der Waals surface area contributed by atoms with Gasteiger partial charge < -0.3 is 4.90 Å². The van der Waals surface area contributed by atoms with Gasteiger partial charge in [-0.25, -0.2) is 14.4 Å². The van der Waals surface area contributed by atoms with Crippen LogP contribution in [0.3, 0.4) is 0 Å². The fourth-order valence-corrected chi connectivity index (χ4v) is 3.45. The molecule has 0 radical (unpaired) electrons. The van der Waals surface area contributed by atoms with Gasteiger partial charge in [0.15, 0.2) is 0 Å². The van der Waals surface area contributed by atoms with Crippen molar-refractivity contribution in [1.29, 1.82) is 0 Å². The van der Waals surface area contributed by atoms with Gasteiger partial charge in [-0.1, -0.05) is 11.6 Å². The fraction of sp³-hybridized carbons (Fsp3) is 0.273. The minimum absolute atomic E-state index is 0.202. The van der Waals surface area contributed by atoms with Gasteiger partial charge >= 0.3 is 0 Å². The predicted octanol–water partition coefficient (Wildman–Crippen LogP) is 4.40. The van der Waals surface area contributed by atoms with Crippen molar-refractivity contribution in [3.05, 3.63) is 70.0 Å². The van der Waals surface area contributed by atoms with Gasteiger partial charge in [0.1, 0.15) is 5.82 Å². The Kier molecular flexibility index (Phi) is 7.88. The number of amides is 1. The van der Waals surface area contributed by atoms with E-state index < -0.39 is 5.82 Å². The topological polar surface area (TPSA) is 80.1 Å². The second-order valence-corrected chi connectivity index (χ2v) is 7.56. The molecule has 3 aromatic rings. The summed E-state index contributed by atoms with van der Waals surface area (Å²) in [5.41, 5.74) is 2.25. The second-order valence-electron chi connectivity index (χ2n) is 7.15. The van der Waals surface area contributed by atoms with E-state index in [1.54, 1.807) is 6.92 Å². The monoisotopic (exact) mass is 461 g/mol. The summed E-state index contributed by atoms with van der Waals surface area (Å²) in [6.07, 6.45) is 6.42. The first kappa shape index (κ1) is 23.3. The number of carbonyl (C=O) groups excluding carboxylic acids is 1. The summed E-state index contributed by atoms with van der Waals surface area (Å²) >= 11 is 6.03. The lowest BCUT2D eigenvalue weighted by Crippen LogP contribution is -2.33. The summed E-state index contributed by atoms with van der Waals surface area (Å²) < 4.78 is 26.8. The van der Waals surface area contributed by atoms with Crippen LogP contribution in [0.15, 0.2) is 53.6 Å². The molecular formula is C22H22ClF2N5O2. The zero-order valence-electron chi connectivity index (χ0n) is 17.4. The van der Waals surface area contributed by atoms with Crippen LogP contribution in [0.1, 0.15) is 26.2 Å². The third kappa shape index (κ3) is 5.88. The van der Waals surface area contributed by atoms with Gasteiger partial charge in [-0.05, 0) is 49.6 Å². The van der Waals surface area contributed by atoms with Crippen molar-refractivity contribution in [1.82, 2.24) is 19.4 Å². The van der Waals surface area contributed by atoms with Crippen LogP contribution in [-0.2, 0) is 4.79 Å². The lowest BCUT2D eigenvalue weighted by Gasteiger charge is -2.24. The van der Waals surface area contributed by atoms with E-state index in [1.165, 1.54) is 78.2 Å². The number of halogens is 3. The predicted molar refractivity (Wildman–Crippen MR) is 119 cm³/mol. The lowest BCUT2D eigenvalue weighted by atomic mass is 10.1. The molecule has 0 bridgehead atoms. The van der Waals surface area contributed by atoms with Crippen LogP contribution in [0, 0.1) is 5.82 Å². The molecule has 7 nitrogen and oxygen atoms in total. The van der Waals surface area contributed by atoms with Crippen LogP contribution < -0.4 is 11.1 Å². The molecule has 1 N–H and O–H groups in total. The van der Waals surface area contributed by atoms with Gasteiger partial charge in [-0.15, -0.1) is 4.48 Å². The Labute approximate surface area is 188 Å². The molecule has 0 saturated carbocycles. The van der Waals surface area contributed by atoms with Crippen LogP contribution >= 0.6 is 11.6 Å². The summed E-state index contributed by atoms with van der Waals surface area (Å²) in [7, 11) is 0. The molecule has 1 amide bonds. The third-order valence-corrected chi connectivity index (χ3v) is 5.20. The highest BCUT2D eigenvalue weighted by molar-refractivity contribution is 6.32. The summed E-state index contributed by atoms with van der Waals surface area (Å²) in [6.45, 7) is 3.61. The SMILES string of the molecule is CC(=O)N1CCCCC1.O=c1ccc(-c2nc(NF)ncc2Cl)cn1-c1ccc(F)cc1. The highest BCUT2D eigenvalue weighted by Gasteiger charge is 2.12. The molecule has 32 heavy (non-hydrogen) atoms. The molecule has 0 atom stereocenters. The van der Waals surface area contributed by atoms with E-state index in [0.29, 0.717) is 11.3 Å². The maximum Gasteiger partial charge on any atom is 0.255 e. The number of nitrogens with zero attached hydrogens (tertiary/aromatic N) is 4. The minimum atomic E-state index is -0.407. The minimum Gasteiger partial charge on any atom is -0.343 e. The number of piperidine rings is 1. The van der Waals surface area contributed by atoms with E-state index in [9.17, 15) is 18.5 Å². The lowest BCUT2D eigenvalue weighted by molar-refractivity contribution is -0.129. The number of anilines is 1. The Bertz CT molecular complexity index is 1130. The fourth-order valence-electron chi connectivity index (χ4n) is 3.25. The molecule has 1 fully saturated rings. The Morgan fingerprint density at radius 3 is 2.38 bits per heavy atom. The van der Waals surface area contributed by atoms with Gasteiger partial charge in [0, 0.05) is 43.5 Å². The number of nitrogens with one attached hydrogen (secondary N) is 1. The Hall–Kier alpha value is -3.33. The first-order valence-electron chi connectivity index (χ1n) is 10.0. The molecule has 0 spiro atoms. The molecule has 1 saturated heterocycles. The largest absolute Gasteiger partial charge is 0.343 e. The maximum atomic E-state index is 13.0. The van der Waals surface area contributed by atoms with E-state index in [1.807, 2.05) is 4.90 Å². The summed E-state index contributed by atoms with van der Waals surface area (Å²) in [4.78, 5) is 32.3. The van der Waals surface area contributed by atoms with Gasteiger partial charge in [0.2, 0.25) is 5.91 Å².